The highest BCUT2D eigenvalue weighted by Gasteiger charge is 2.00. The minimum atomic E-state index is 0.430. The summed E-state index contributed by atoms with van der Waals surface area (Å²) in [5, 5.41) is 0. The van der Waals surface area contributed by atoms with E-state index in [2.05, 4.69) is 20.9 Å². The number of halogens is 1. The van der Waals surface area contributed by atoms with Gasteiger partial charge in [-0.05, 0) is 24.3 Å². The first-order valence-electron chi connectivity index (χ1n) is 4.53. The highest BCUT2D eigenvalue weighted by molar-refractivity contribution is 9.10. The van der Waals surface area contributed by atoms with E-state index in [1.54, 1.807) is 6.26 Å². The fraction of sp³-hybridized carbons (Fsp3) is 0.182. The molecule has 0 fully saturated rings. The van der Waals surface area contributed by atoms with Crippen molar-refractivity contribution in [3.05, 3.63) is 46.6 Å². The molecule has 1 aromatic heterocycles. The number of aryl methyl sites for hydroxylation is 1. The molecule has 0 aliphatic rings. The quantitative estimate of drug-likeness (QED) is 0.856. The van der Waals surface area contributed by atoms with E-state index < -0.39 is 0 Å². The van der Waals surface area contributed by atoms with Crippen molar-refractivity contribution in [2.45, 2.75) is 13.5 Å². The number of nitrogens with zero attached hydrogens (tertiary/aromatic N) is 1. The van der Waals surface area contributed by atoms with Crippen molar-refractivity contribution in [3.63, 3.8) is 0 Å². The first-order chi connectivity index (χ1) is 7.24. The Balaban J connectivity index is 1.96. The first-order valence-corrected chi connectivity index (χ1v) is 5.33. The van der Waals surface area contributed by atoms with E-state index in [9.17, 15) is 0 Å². The minimum Gasteiger partial charge on any atom is -0.487 e. The molecule has 2 aromatic rings. The molecule has 0 N–H and O–H groups in total. The van der Waals surface area contributed by atoms with Crippen LogP contribution in [0.3, 0.4) is 0 Å². The molecule has 0 radical (unpaired) electrons. The molecule has 0 aliphatic heterocycles. The molecule has 0 saturated carbocycles. The molecular weight excluding hydrogens is 258 g/mol. The number of oxazole rings is 1. The molecule has 4 heteroatoms. The van der Waals surface area contributed by atoms with E-state index >= 15 is 0 Å². The van der Waals surface area contributed by atoms with Gasteiger partial charge in [0.2, 0.25) is 0 Å². The second kappa shape index (κ2) is 4.49. The maximum Gasteiger partial charge on any atom is 0.191 e. The highest BCUT2D eigenvalue weighted by Crippen LogP contribution is 2.17. The van der Waals surface area contributed by atoms with Gasteiger partial charge in [-0.1, -0.05) is 15.9 Å². The van der Waals surface area contributed by atoms with Gasteiger partial charge in [-0.2, -0.15) is 0 Å². The Kier molecular flexibility index (Phi) is 3.06. The Morgan fingerprint density at radius 2 is 2.07 bits per heavy atom. The molecule has 0 bridgehead atoms. The smallest absolute Gasteiger partial charge is 0.191 e. The van der Waals surface area contributed by atoms with E-state index in [1.807, 2.05) is 31.2 Å². The second-order valence-corrected chi connectivity index (χ2v) is 4.02. The number of rotatable bonds is 3. The SMILES string of the molecule is Cc1nc(COc2ccc(Br)cc2)co1. The molecule has 0 unspecified atom stereocenters. The number of hydrogen-bond donors (Lipinski definition) is 0. The van der Waals surface area contributed by atoms with Gasteiger partial charge in [0.05, 0.1) is 0 Å². The predicted octanol–water partition coefficient (Wildman–Crippen LogP) is 3.32. The fourth-order valence-electron chi connectivity index (χ4n) is 1.16. The van der Waals surface area contributed by atoms with E-state index in [0.717, 1.165) is 15.9 Å². The third-order valence-corrected chi connectivity index (χ3v) is 2.40. The Morgan fingerprint density at radius 1 is 1.33 bits per heavy atom. The maximum absolute atomic E-state index is 5.52. The average Bonchev–Trinajstić information content (AvgIpc) is 2.64. The van der Waals surface area contributed by atoms with Gasteiger partial charge < -0.3 is 9.15 Å². The van der Waals surface area contributed by atoms with Crippen LogP contribution >= 0.6 is 15.9 Å². The molecule has 0 saturated heterocycles. The van der Waals surface area contributed by atoms with Gasteiger partial charge >= 0.3 is 0 Å². The Labute approximate surface area is 96.2 Å². The van der Waals surface area contributed by atoms with Crippen LogP contribution in [0.25, 0.3) is 0 Å². The summed E-state index contributed by atoms with van der Waals surface area (Å²) >= 11 is 3.36. The monoisotopic (exact) mass is 267 g/mol. The van der Waals surface area contributed by atoms with Gasteiger partial charge in [0.25, 0.3) is 0 Å². The molecule has 0 amide bonds. The van der Waals surface area contributed by atoms with Gasteiger partial charge in [0.1, 0.15) is 24.3 Å². The van der Waals surface area contributed by atoms with Crippen LogP contribution in [0.5, 0.6) is 5.75 Å². The summed E-state index contributed by atoms with van der Waals surface area (Å²) in [4.78, 5) is 4.14. The Bertz CT molecular complexity index is 436. The lowest BCUT2D eigenvalue weighted by Gasteiger charge is -2.02. The largest absolute Gasteiger partial charge is 0.487 e. The van der Waals surface area contributed by atoms with Crippen LogP contribution in [-0.4, -0.2) is 4.98 Å². The van der Waals surface area contributed by atoms with Crippen LogP contribution in [0.15, 0.2) is 39.4 Å². The second-order valence-electron chi connectivity index (χ2n) is 3.10. The van der Waals surface area contributed by atoms with Gasteiger partial charge in [0, 0.05) is 11.4 Å². The number of ether oxygens (including phenoxy) is 1. The summed E-state index contributed by atoms with van der Waals surface area (Å²) in [7, 11) is 0. The van der Waals surface area contributed by atoms with Crippen molar-refractivity contribution in [2.75, 3.05) is 0 Å². The molecule has 78 valence electrons. The van der Waals surface area contributed by atoms with E-state index in [0.29, 0.717) is 12.5 Å². The van der Waals surface area contributed by atoms with Gasteiger partial charge in [-0.25, -0.2) is 4.98 Å². The third-order valence-electron chi connectivity index (χ3n) is 1.87. The van der Waals surface area contributed by atoms with Crippen molar-refractivity contribution >= 4 is 15.9 Å². The fourth-order valence-corrected chi connectivity index (χ4v) is 1.43. The lowest BCUT2D eigenvalue weighted by atomic mass is 10.3. The first kappa shape index (κ1) is 10.2. The summed E-state index contributed by atoms with van der Waals surface area (Å²) < 4.78 is 11.6. The van der Waals surface area contributed by atoms with Crippen LogP contribution in [0, 0.1) is 6.92 Å². The summed E-state index contributed by atoms with van der Waals surface area (Å²) in [5.74, 6) is 1.48. The molecule has 1 heterocycles. The van der Waals surface area contributed by atoms with E-state index in [-0.39, 0.29) is 0 Å². The number of aromatic nitrogens is 1. The molecule has 15 heavy (non-hydrogen) atoms. The average molecular weight is 268 g/mol. The summed E-state index contributed by atoms with van der Waals surface area (Å²) in [5.41, 5.74) is 0.801. The maximum atomic E-state index is 5.52. The summed E-state index contributed by atoms with van der Waals surface area (Å²) in [6, 6.07) is 7.67. The highest BCUT2D eigenvalue weighted by atomic mass is 79.9. The zero-order valence-electron chi connectivity index (χ0n) is 8.24. The normalized spacial score (nSPS) is 10.3. The molecule has 3 nitrogen and oxygen atoms in total. The minimum absolute atomic E-state index is 0.430. The Hall–Kier alpha value is -1.29. The van der Waals surface area contributed by atoms with Crippen molar-refractivity contribution in [1.82, 2.24) is 4.98 Å². The van der Waals surface area contributed by atoms with Crippen LogP contribution in [0.1, 0.15) is 11.6 Å². The Morgan fingerprint density at radius 3 is 2.67 bits per heavy atom. The van der Waals surface area contributed by atoms with Gasteiger partial charge in [0.15, 0.2) is 5.89 Å². The molecule has 0 atom stereocenters. The number of benzene rings is 1. The van der Waals surface area contributed by atoms with Crippen molar-refractivity contribution in [3.8, 4) is 5.75 Å². The van der Waals surface area contributed by atoms with Crippen LogP contribution in [0.2, 0.25) is 0 Å². The zero-order chi connectivity index (χ0) is 10.7. The standard InChI is InChI=1S/C11H10BrNO2/c1-8-13-10(6-14-8)7-15-11-4-2-9(12)3-5-11/h2-6H,7H2,1H3. The lowest BCUT2D eigenvalue weighted by Crippen LogP contribution is -1.95. The van der Waals surface area contributed by atoms with Crippen molar-refractivity contribution < 1.29 is 9.15 Å². The molecular formula is C11H10BrNO2. The van der Waals surface area contributed by atoms with Crippen molar-refractivity contribution in [1.29, 1.82) is 0 Å². The molecule has 0 aliphatic carbocycles. The van der Waals surface area contributed by atoms with Crippen LogP contribution in [-0.2, 0) is 6.61 Å². The zero-order valence-corrected chi connectivity index (χ0v) is 9.82. The summed E-state index contributed by atoms with van der Waals surface area (Å²) in [6.07, 6.45) is 1.61. The van der Waals surface area contributed by atoms with E-state index in [4.69, 9.17) is 9.15 Å². The molecule has 0 spiro atoms. The van der Waals surface area contributed by atoms with Gasteiger partial charge in [-0.15, -0.1) is 0 Å². The van der Waals surface area contributed by atoms with E-state index in [1.165, 1.54) is 0 Å². The van der Waals surface area contributed by atoms with Crippen LogP contribution in [0.4, 0.5) is 0 Å². The molecule has 2 rings (SSSR count). The summed E-state index contributed by atoms with van der Waals surface area (Å²) in [6.45, 7) is 2.24. The lowest BCUT2D eigenvalue weighted by molar-refractivity contribution is 0.301. The third kappa shape index (κ3) is 2.83. The topological polar surface area (TPSA) is 35.3 Å². The number of hydrogen-bond acceptors (Lipinski definition) is 3. The van der Waals surface area contributed by atoms with Crippen LogP contribution < -0.4 is 4.74 Å². The van der Waals surface area contributed by atoms with Crippen molar-refractivity contribution in [2.24, 2.45) is 0 Å². The predicted molar refractivity (Wildman–Crippen MR) is 59.7 cm³/mol. The van der Waals surface area contributed by atoms with Gasteiger partial charge in [-0.3, -0.25) is 0 Å². The molecule has 1 aromatic carbocycles.